The van der Waals surface area contributed by atoms with Crippen molar-refractivity contribution < 1.29 is 9.47 Å². The van der Waals surface area contributed by atoms with E-state index in [1.54, 1.807) is 32.0 Å². The van der Waals surface area contributed by atoms with E-state index in [-0.39, 0.29) is 0 Å². The molecule has 2 aromatic rings. The molecule has 0 aliphatic carbocycles. The van der Waals surface area contributed by atoms with Crippen molar-refractivity contribution in [2.45, 2.75) is 6.92 Å². The van der Waals surface area contributed by atoms with Gasteiger partial charge in [-0.15, -0.1) is 0 Å². The summed E-state index contributed by atoms with van der Waals surface area (Å²) in [6.45, 7) is 1.91. The summed E-state index contributed by atoms with van der Waals surface area (Å²) < 4.78 is 12.2. The summed E-state index contributed by atoms with van der Waals surface area (Å²) >= 11 is 6.31. The van der Waals surface area contributed by atoms with E-state index in [4.69, 9.17) is 26.8 Å². The Morgan fingerprint density at radius 3 is 2.42 bits per heavy atom. The molecule has 0 aliphatic heterocycles. The van der Waals surface area contributed by atoms with Crippen LogP contribution in [0.1, 0.15) is 5.56 Å². The number of ether oxygens (including phenoxy) is 2. The maximum atomic E-state index is 6.31. The number of methoxy groups -OCH3 is 2. The van der Waals surface area contributed by atoms with Gasteiger partial charge in [-0.3, -0.25) is 4.68 Å². The third-order valence-electron chi connectivity index (χ3n) is 3.05. The van der Waals surface area contributed by atoms with Crippen molar-refractivity contribution in [1.82, 2.24) is 9.78 Å². The summed E-state index contributed by atoms with van der Waals surface area (Å²) in [7, 11) is 4.91. The molecule has 1 aromatic carbocycles. The minimum atomic E-state index is 0.515. The molecule has 0 spiro atoms. The van der Waals surface area contributed by atoms with Crippen molar-refractivity contribution in [2.24, 2.45) is 7.05 Å². The summed E-state index contributed by atoms with van der Waals surface area (Å²) in [5.74, 6) is 1.67. The molecule has 102 valence electrons. The van der Waals surface area contributed by atoms with E-state index in [1.165, 1.54) is 0 Å². The third-order valence-corrected chi connectivity index (χ3v) is 3.50. The molecule has 0 bridgehead atoms. The van der Waals surface area contributed by atoms with Gasteiger partial charge < -0.3 is 15.2 Å². The van der Waals surface area contributed by atoms with Gasteiger partial charge in [0.2, 0.25) is 0 Å². The van der Waals surface area contributed by atoms with Crippen molar-refractivity contribution in [2.75, 3.05) is 20.0 Å². The fraction of sp³-hybridized carbons (Fsp3) is 0.308. The maximum Gasteiger partial charge on any atom is 0.179 e. The Morgan fingerprint density at radius 2 is 1.95 bits per heavy atom. The quantitative estimate of drug-likeness (QED) is 0.939. The average molecular weight is 282 g/mol. The van der Waals surface area contributed by atoms with Crippen LogP contribution < -0.4 is 15.2 Å². The monoisotopic (exact) mass is 281 g/mol. The van der Waals surface area contributed by atoms with E-state index in [1.807, 2.05) is 13.0 Å². The minimum Gasteiger partial charge on any atom is -0.493 e. The van der Waals surface area contributed by atoms with E-state index in [9.17, 15) is 0 Å². The molecule has 2 N–H and O–H groups in total. The van der Waals surface area contributed by atoms with E-state index in [0.717, 1.165) is 16.8 Å². The van der Waals surface area contributed by atoms with Gasteiger partial charge in [-0.05, 0) is 18.6 Å². The number of hydrogen-bond acceptors (Lipinski definition) is 4. The van der Waals surface area contributed by atoms with Crippen molar-refractivity contribution in [1.29, 1.82) is 0 Å². The summed E-state index contributed by atoms with van der Waals surface area (Å²) in [5.41, 5.74) is 8.30. The van der Waals surface area contributed by atoms with Crippen molar-refractivity contribution in [3.63, 3.8) is 0 Å². The number of rotatable bonds is 3. The highest BCUT2D eigenvalue weighted by Crippen LogP contribution is 2.42. The zero-order valence-corrected chi connectivity index (χ0v) is 12.1. The molecule has 0 unspecified atom stereocenters. The zero-order valence-electron chi connectivity index (χ0n) is 11.3. The second-order valence-corrected chi connectivity index (χ2v) is 4.55. The van der Waals surface area contributed by atoms with Crippen LogP contribution >= 0.6 is 11.6 Å². The van der Waals surface area contributed by atoms with Gasteiger partial charge in [0.25, 0.3) is 0 Å². The number of aryl methyl sites for hydroxylation is 1. The first kappa shape index (κ1) is 13.5. The molecule has 1 heterocycles. The normalized spacial score (nSPS) is 10.6. The first-order valence-electron chi connectivity index (χ1n) is 5.70. The minimum absolute atomic E-state index is 0.515. The predicted molar refractivity (Wildman–Crippen MR) is 75.9 cm³/mol. The summed E-state index contributed by atoms with van der Waals surface area (Å²) in [4.78, 5) is 0. The van der Waals surface area contributed by atoms with E-state index < -0.39 is 0 Å². The van der Waals surface area contributed by atoms with Crippen LogP contribution in [0.15, 0.2) is 12.1 Å². The van der Waals surface area contributed by atoms with Crippen LogP contribution in [0.2, 0.25) is 5.02 Å². The largest absolute Gasteiger partial charge is 0.493 e. The number of anilines is 1. The molecule has 0 fully saturated rings. The molecule has 1 aromatic heterocycles. The fourth-order valence-electron chi connectivity index (χ4n) is 1.92. The summed E-state index contributed by atoms with van der Waals surface area (Å²) in [6, 6.07) is 3.65. The van der Waals surface area contributed by atoms with Crippen LogP contribution in [0.3, 0.4) is 0 Å². The lowest BCUT2D eigenvalue weighted by molar-refractivity contribution is 0.355. The van der Waals surface area contributed by atoms with Crippen LogP contribution in [0.25, 0.3) is 11.3 Å². The number of aromatic nitrogens is 2. The first-order chi connectivity index (χ1) is 8.99. The Hall–Kier alpha value is -1.88. The fourth-order valence-corrected chi connectivity index (χ4v) is 2.19. The number of hydrogen-bond donors (Lipinski definition) is 1. The van der Waals surface area contributed by atoms with Crippen LogP contribution in [-0.2, 0) is 7.05 Å². The Morgan fingerprint density at radius 1 is 1.26 bits per heavy atom. The lowest BCUT2D eigenvalue weighted by Gasteiger charge is -2.14. The molecule has 5 nitrogen and oxygen atoms in total. The first-order valence-corrected chi connectivity index (χ1v) is 6.08. The third kappa shape index (κ3) is 2.21. The van der Waals surface area contributed by atoms with E-state index in [2.05, 4.69) is 5.10 Å². The van der Waals surface area contributed by atoms with Gasteiger partial charge in [-0.1, -0.05) is 11.6 Å². The smallest absolute Gasteiger partial charge is 0.179 e. The Balaban J connectivity index is 2.67. The molecular weight excluding hydrogens is 266 g/mol. The van der Waals surface area contributed by atoms with Crippen molar-refractivity contribution in [3.8, 4) is 22.8 Å². The second kappa shape index (κ2) is 5.01. The standard InChI is InChI=1S/C13H16ClN3O2/c1-7-8(9-6-11(15)17(2)16-9)5-10(18-3)13(19-4)12(7)14/h5-6H,15H2,1-4H3. The number of benzene rings is 1. The lowest BCUT2D eigenvalue weighted by atomic mass is 10.0. The second-order valence-electron chi connectivity index (χ2n) is 4.18. The van der Waals surface area contributed by atoms with E-state index in [0.29, 0.717) is 22.3 Å². The molecular formula is C13H16ClN3O2. The molecule has 0 saturated heterocycles. The SMILES string of the molecule is COc1cc(-c2cc(N)n(C)n2)c(C)c(Cl)c1OC. The van der Waals surface area contributed by atoms with Gasteiger partial charge in [0.15, 0.2) is 11.5 Å². The Kier molecular flexibility index (Phi) is 3.57. The highest BCUT2D eigenvalue weighted by molar-refractivity contribution is 6.33. The number of halogens is 1. The lowest BCUT2D eigenvalue weighted by Crippen LogP contribution is -1.97. The molecule has 0 aliphatic rings. The highest BCUT2D eigenvalue weighted by Gasteiger charge is 2.18. The van der Waals surface area contributed by atoms with Crippen LogP contribution in [0.5, 0.6) is 11.5 Å². The molecule has 0 atom stereocenters. The van der Waals surface area contributed by atoms with Crippen molar-refractivity contribution in [3.05, 3.63) is 22.7 Å². The number of nitrogen functional groups attached to an aromatic ring is 1. The average Bonchev–Trinajstić information content (AvgIpc) is 2.72. The van der Waals surface area contributed by atoms with Gasteiger partial charge in [-0.2, -0.15) is 5.10 Å². The molecule has 0 radical (unpaired) electrons. The van der Waals surface area contributed by atoms with Crippen LogP contribution in [-0.4, -0.2) is 24.0 Å². The predicted octanol–water partition coefficient (Wildman–Crippen LogP) is 2.65. The topological polar surface area (TPSA) is 62.3 Å². The van der Waals surface area contributed by atoms with Crippen LogP contribution in [0.4, 0.5) is 5.82 Å². The highest BCUT2D eigenvalue weighted by atomic mass is 35.5. The zero-order chi connectivity index (χ0) is 14.2. The van der Waals surface area contributed by atoms with Gasteiger partial charge in [0.05, 0.1) is 24.9 Å². The van der Waals surface area contributed by atoms with Crippen molar-refractivity contribution >= 4 is 17.4 Å². The summed E-state index contributed by atoms with van der Waals surface area (Å²) in [5, 5.41) is 4.86. The van der Waals surface area contributed by atoms with Gasteiger partial charge in [0.1, 0.15) is 5.82 Å². The molecule has 6 heteroatoms. The maximum absolute atomic E-state index is 6.31. The molecule has 0 saturated carbocycles. The Labute approximate surface area is 116 Å². The molecule has 0 amide bonds. The summed E-state index contributed by atoms with van der Waals surface area (Å²) in [6.07, 6.45) is 0. The van der Waals surface area contributed by atoms with Gasteiger partial charge >= 0.3 is 0 Å². The van der Waals surface area contributed by atoms with Gasteiger partial charge in [0, 0.05) is 18.7 Å². The number of nitrogens with zero attached hydrogens (tertiary/aromatic N) is 2. The van der Waals surface area contributed by atoms with Crippen LogP contribution in [0, 0.1) is 6.92 Å². The molecule has 19 heavy (non-hydrogen) atoms. The molecule has 2 rings (SSSR count). The Bertz CT molecular complexity index is 603. The van der Waals surface area contributed by atoms with Gasteiger partial charge in [-0.25, -0.2) is 0 Å². The number of nitrogens with two attached hydrogens (primary N) is 1. The van der Waals surface area contributed by atoms with E-state index >= 15 is 0 Å².